The number of aryl methyl sites for hydroxylation is 1. The van der Waals surface area contributed by atoms with Crippen LogP contribution in [0.15, 0.2) is 0 Å². The first kappa shape index (κ1) is 12.2. The van der Waals surface area contributed by atoms with E-state index in [1.807, 2.05) is 6.92 Å². The first-order valence-corrected chi connectivity index (χ1v) is 5.77. The molecule has 1 heterocycles. The summed E-state index contributed by atoms with van der Waals surface area (Å²) in [4.78, 5) is 0. The molecule has 0 saturated carbocycles. The van der Waals surface area contributed by atoms with Crippen LogP contribution in [0, 0.1) is 13.8 Å². The standard InChI is InChI=1S/C12H23N3/c1-6-12-10(4)14-15(11(12)5)9(3)7-8(2)13/h8-9H,6-7,13H2,1-5H3. The second kappa shape index (κ2) is 4.79. The van der Waals surface area contributed by atoms with Crippen LogP contribution >= 0.6 is 0 Å². The Hall–Kier alpha value is -0.830. The lowest BCUT2D eigenvalue weighted by Gasteiger charge is -2.16. The van der Waals surface area contributed by atoms with Gasteiger partial charge >= 0.3 is 0 Å². The van der Waals surface area contributed by atoms with E-state index in [0.29, 0.717) is 6.04 Å². The fourth-order valence-corrected chi connectivity index (χ4v) is 2.28. The SMILES string of the molecule is CCc1c(C)nn(C(C)CC(C)N)c1C. The maximum atomic E-state index is 5.82. The quantitative estimate of drug-likeness (QED) is 0.827. The van der Waals surface area contributed by atoms with Gasteiger partial charge in [-0.15, -0.1) is 0 Å². The van der Waals surface area contributed by atoms with Crippen LogP contribution in [0.25, 0.3) is 0 Å². The van der Waals surface area contributed by atoms with E-state index in [0.717, 1.165) is 18.5 Å². The van der Waals surface area contributed by atoms with Crippen molar-refractivity contribution in [3.05, 3.63) is 17.0 Å². The highest BCUT2D eigenvalue weighted by atomic mass is 15.3. The average molecular weight is 209 g/mol. The molecule has 3 nitrogen and oxygen atoms in total. The van der Waals surface area contributed by atoms with Crippen LogP contribution < -0.4 is 5.73 Å². The van der Waals surface area contributed by atoms with E-state index >= 15 is 0 Å². The van der Waals surface area contributed by atoms with Gasteiger partial charge in [-0.05, 0) is 46.1 Å². The zero-order valence-corrected chi connectivity index (χ0v) is 10.5. The van der Waals surface area contributed by atoms with Gasteiger partial charge in [0, 0.05) is 11.7 Å². The van der Waals surface area contributed by atoms with E-state index in [1.54, 1.807) is 0 Å². The zero-order chi connectivity index (χ0) is 11.6. The molecule has 0 spiro atoms. The van der Waals surface area contributed by atoms with Crippen molar-refractivity contribution >= 4 is 0 Å². The molecule has 2 atom stereocenters. The molecule has 0 aliphatic heterocycles. The van der Waals surface area contributed by atoms with E-state index in [4.69, 9.17) is 5.73 Å². The maximum Gasteiger partial charge on any atom is 0.0628 e. The fourth-order valence-electron chi connectivity index (χ4n) is 2.28. The molecule has 0 saturated heterocycles. The molecular weight excluding hydrogens is 186 g/mol. The van der Waals surface area contributed by atoms with Crippen LogP contribution in [0.3, 0.4) is 0 Å². The van der Waals surface area contributed by atoms with Crippen LogP contribution in [0.2, 0.25) is 0 Å². The molecule has 0 radical (unpaired) electrons. The number of nitrogens with two attached hydrogens (primary N) is 1. The number of hydrogen-bond acceptors (Lipinski definition) is 2. The van der Waals surface area contributed by atoms with E-state index < -0.39 is 0 Å². The van der Waals surface area contributed by atoms with Gasteiger partial charge in [0.05, 0.1) is 11.7 Å². The van der Waals surface area contributed by atoms with Crippen molar-refractivity contribution in [2.24, 2.45) is 5.73 Å². The third kappa shape index (κ3) is 2.59. The predicted molar refractivity (Wildman–Crippen MR) is 64.1 cm³/mol. The largest absolute Gasteiger partial charge is 0.328 e. The Morgan fingerprint density at radius 1 is 1.33 bits per heavy atom. The Morgan fingerprint density at radius 2 is 1.93 bits per heavy atom. The lowest BCUT2D eigenvalue weighted by molar-refractivity contribution is 0.419. The molecule has 0 aliphatic carbocycles. The molecule has 2 N–H and O–H groups in total. The van der Waals surface area contributed by atoms with Gasteiger partial charge in [0.2, 0.25) is 0 Å². The van der Waals surface area contributed by atoms with Gasteiger partial charge < -0.3 is 5.73 Å². The second-order valence-electron chi connectivity index (χ2n) is 4.51. The fraction of sp³-hybridized carbons (Fsp3) is 0.750. The Kier molecular flexibility index (Phi) is 3.91. The van der Waals surface area contributed by atoms with Crippen LogP contribution in [-0.4, -0.2) is 15.8 Å². The van der Waals surface area contributed by atoms with Gasteiger partial charge in [-0.25, -0.2) is 0 Å². The topological polar surface area (TPSA) is 43.8 Å². The van der Waals surface area contributed by atoms with E-state index in [2.05, 4.69) is 37.5 Å². The Labute approximate surface area is 92.7 Å². The molecule has 0 amide bonds. The highest BCUT2D eigenvalue weighted by molar-refractivity contribution is 5.24. The Bertz CT molecular complexity index is 326. The van der Waals surface area contributed by atoms with Gasteiger partial charge in [0.15, 0.2) is 0 Å². The molecular formula is C12H23N3. The molecule has 3 heteroatoms. The molecule has 86 valence electrons. The van der Waals surface area contributed by atoms with E-state index in [-0.39, 0.29) is 6.04 Å². The van der Waals surface area contributed by atoms with Gasteiger partial charge in [-0.3, -0.25) is 4.68 Å². The summed E-state index contributed by atoms with van der Waals surface area (Å²) >= 11 is 0. The lowest BCUT2D eigenvalue weighted by atomic mass is 10.1. The zero-order valence-electron chi connectivity index (χ0n) is 10.5. The summed E-state index contributed by atoms with van der Waals surface area (Å²) in [6, 6.07) is 0.623. The predicted octanol–water partition coefficient (Wildman–Crippen LogP) is 2.36. The van der Waals surface area contributed by atoms with Gasteiger partial charge in [-0.1, -0.05) is 6.92 Å². The summed E-state index contributed by atoms with van der Waals surface area (Å²) < 4.78 is 2.12. The second-order valence-corrected chi connectivity index (χ2v) is 4.51. The van der Waals surface area contributed by atoms with Crippen molar-refractivity contribution < 1.29 is 0 Å². The third-order valence-electron chi connectivity index (χ3n) is 2.96. The monoisotopic (exact) mass is 209 g/mol. The highest BCUT2D eigenvalue weighted by Crippen LogP contribution is 2.20. The number of nitrogens with zero attached hydrogens (tertiary/aromatic N) is 2. The first-order chi connectivity index (χ1) is 6.97. The van der Waals surface area contributed by atoms with Crippen LogP contribution in [0.4, 0.5) is 0 Å². The summed E-state index contributed by atoms with van der Waals surface area (Å²) in [5.41, 5.74) is 9.65. The van der Waals surface area contributed by atoms with Crippen molar-refractivity contribution in [3.8, 4) is 0 Å². The minimum Gasteiger partial charge on any atom is -0.328 e. The average Bonchev–Trinajstić information content (AvgIpc) is 2.40. The first-order valence-electron chi connectivity index (χ1n) is 5.77. The van der Waals surface area contributed by atoms with Crippen molar-refractivity contribution in [1.29, 1.82) is 0 Å². The maximum absolute atomic E-state index is 5.82. The Morgan fingerprint density at radius 3 is 2.33 bits per heavy atom. The number of aromatic nitrogens is 2. The van der Waals surface area contributed by atoms with Crippen molar-refractivity contribution in [2.45, 2.75) is 59.5 Å². The van der Waals surface area contributed by atoms with Gasteiger partial charge in [-0.2, -0.15) is 5.10 Å². The summed E-state index contributed by atoms with van der Waals surface area (Å²) in [5, 5.41) is 4.60. The minimum absolute atomic E-state index is 0.231. The minimum atomic E-state index is 0.231. The van der Waals surface area contributed by atoms with Crippen molar-refractivity contribution in [3.63, 3.8) is 0 Å². The summed E-state index contributed by atoms with van der Waals surface area (Å²) in [6.07, 6.45) is 2.04. The third-order valence-corrected chi connectivity index (χ3v) is 2.96. The molecule has 15 heavy (non-hydrogen) atoms. The summed E-state index contributed by atoms with van der Waals surface area (Å²) in [6.45, 7) is 10.6. The van der Waals surface area contributed by atoms with Gasteiger partial charge in [0.1, 0.15) is 0 Å². The van der Waals surface area contributed by atoms with Crippen LogP contribution in [-0.2, 0) is 6.42 Å². The summed E-state index contributed by atoms with van der Waals surface area (Å²) in [5.74, 6) is 0. The highest BCUT2D eigenvalue weighted by Gasteiger charge is 2.15. The molecule has 1 rings (SSSR count). The molecule has 2 unspecified atom stereocenters. The molecule has 0 bridgehead atoms. The normalized spacial score (nSPS) is 15.3. The van der Waals surface area contributed by atoms with E-state index in [9.17, 15) is 0 Å². The number of rotatable bonds is 4. The lowest BCUT2D eigenvalue weighted by Crippen LogP contribution is -2.21. The van der Waals surface area contributed by atoms with Crippen molar-refractivity contribution in [1.82, 2.24) is 9.78 Å². The van der Waals surface area contributed by atoms with Crippen LogP contribution in [0.5, 0.6) is 0 Å². The molecule has 0 aromatic carbocycles. The number of hydrogen-bond donors (Lipinski definition) is 1. The molecule has 0 fully saturated rings. The van der Waals surface area contributed by atoms with Crippen LogP contribution in [0.1, 0.15) is 50.2 Å². The smallest absolute Gasteiger partial charge is 0.0628 e. The Balaban J connectivity index is 2.94. The molecule has 1 aromatic rings. The van der Waals surface area contributed by atoms with Crippen molar-refractivity contribution in [2.75, 3.05) is 0 Å². The van der Waals surface area contributed by atoms with E-state index in [1.165, 1.54) is 11.3 Å². The van der Waals surface area contributed by atoms with Gasteiger partial charge in [0.25, 0.3) is 0 Å². The molecule has 1 aromatic heterocycles. The summed E-state index contributed by atoms with van der Waals surface area (Å²) in [7, 11) is 0. The molecule has 0 aliphatic rings.